The van der Waals surface area contributed by atoms with Crippen LogP contribution < -0.4 is 0 Å². The SMILES string of the molecule is CCOC(=O)C(O)c1ccc(S(=O)(=O)C2CC2)c(Br)c1. The van der Waals surface area contributed by atoms with Gasteiger partial charge in [-0.25, -0.2) is 13.2 Å². The number of sulfone groups is 1. The monoisotopic (exact) mass is 362 g/mol. The Labute approximate surface area is 126 Å². The van der Waals surface area contributed by atoms with E-state index in [1.54, 1.807) is 6.92 Å². The van der Waals surface area contributed by atoms with E-state index in [-0.39, 0.29) is 16.8 Å². The van der Waals surface area contributed by atoms with E-state index in [2.05, 4.69) is 15.9 Å². The van der Waals surface area contributed by atoms with Crippen LogP contribution in [0.4, 0.5) is 0 Å². The van der Waals surface area contributed by atoms with E-state index in [4.69, 9.17) is 4.74 Å². The number of halogens is 1. The Morgan fingerprint density at radius 2 is 2.15 bits per heavy atom. The smallest absolute Gasteiger partial charge is 0.339 e. The molecule has 7 heteroatoms. The van der Waals surface area contributed by atoms with Crippen molar-refractivity contribution in [2.45, 2.75) is 36.0 Å². The van der Waals surface area contributed by atoms with Crippen molar-refractivity contribution in [3.05, 3.63) is 28.2 Å². The highest BCUT2D eigenvalue weighted by Crippen LogP contribution is 2.37. The van der Waals surface area contributed by atoms with Gasteiger partial charge in [0.1, 0.15) is 0 Å². The number of hydrogen-bond donors (Lipinski definition) is 1. The van der Waals surface area contributed by atoms with Crippen LogP contribution in [-0.4, -0.2) is 31.4 Å². The molecule has 1 aliphatic rings. The number of aliphatic hydroxyl groups excluding tert-OH is 1. The first-order chi connectivity index (χ1) is 9.37. The topological polar surface area (TPSA) is 80.7 Å². The number of esters is 1. The summed E-state index contributed by atoms with van der Waals surface area (Å²) in [7, 11) is -3.31. The van der Waals surface area contributed by atoms with Gasteiger partial charge in [0.05, 0.1) is 16.8 Å². The molecule has 5 nitrogen and oxygen atoms in total. The summed E-state index contributed by atoms with van der Waals surface area (Å²) in [6, 6.07) is 4.29. The third-order valence-corrected chi connectivity index (χ3v) is 6.29. The molecule has 0 aromatic heterocycles. The van der Waals surface area contributed by atoms with Crippen molar-refractivity contribution in [3.63, 3.8) is 0 Å². The number of hydrogen-bond acceptors (Lipinski definition) is 5. The standard InChI is InChI=1S/C13H15BrO5S/c1-2-19-13(16)12(15)8-3-6-11(10(14)7-8)20(17,18)9-4-5-9/h3,6-7,9,12,15H,2,4-5H2,1H3. The molecule has 1 atom stereocenters. The van der Waals surface area contributed by atoms with Gasteiger partial charge < -0.3 is 9.84 Å². The first-order valence-electron chi connectivity index (χ1n) is 6.26. The molecule has 0 saturated heterocycles. The van der Waals surface area contributed by atoms with Crippen molar-refractivity contribution in [1.29, 1.82) is 0 Å². The van der Waals surface area contributed by atoms with E-state index >= 15 is 0 Å². The van der Waals surface area contributed by atoms with Crippen LogP contribution in [0.5, 0.6) is 0 Å². The van der Waals surface area contributed by atoms with Crippen LogP contribution in [0, 0.1) is 0 Å². The fraction of sp³-hybridized carbons (Fsp3) is 0.462. The highest BCUT2D eigenvalue weighted by molar-refractivity contribution is 9.10. The predicted octanol–water partition coefficient (Wildman–Crippen LogP) is 1.98. The molecule has 110 valence electrons. The fourth-order valence-electron chi connectivity index (χ4n) is 1.83. The van der Waals surface area contributed by atoms with Gasteiger partial charge in [-0.3, -0.25) is 0 Å². The quantitative estimate of drug-likeness (QED) is 0.810. The Kier molecular flexibility index (Phi) is 4.51. The van der Waals surface area contributed by atoms with E-state index in [1.165, 1.54) is 18.2 Å². The molecule has 20 heavy (non-hydrogen) atoms. The number of ether oxygens (including phenoxy) is 1. The van der Waals surface area contributed by atoms with Gasteiger partial charge in [-0.15, -0.1) is 0 Å². The Hall–Kier alpha value is -0.920. The van der Waals surface area contributed by atoms with Crippen LogP contribution in [-0.2, 0) is 19.4 Å². The number of aliphatic hydroxyl groups is 1. The van der Waals surface area contributed by atoms with E-state index < -0.39 is 21.9 Å². The summed E-state index contributed by atoms with van der Waals surface area (Å²) in [5.41, 5.74) is 0.296. The molecule has 1 aromatic carbocycles. The molecule has 0 bridgehead atoms. The lowest BCUT2D eigenvalue weighted by atomic mass is 10.1. The Morgan fingerprint density at radius 1 is 1.50 bits per heavy atom. The maximum Gasteiger partial charge on any atom is 0.339 e. The number of benzene rings is 1. The molecule has 0 aliphatic heterocycles. The molecule has 2 rings (SSSR count). The van der Waals surface area contributed by atoms with Gasteiger partial charge in [-0.05, 0) is 53.4 Å². The van der Waals surface area contributed by atoms with Crippen molar-refractivity contribution in [2.24, 2.45) is 0 Å². The Morgan fingerprint density at radius 3 is 2.65 bits per heavy atom. The van der Waals surface area contributed by atoms with Gasteiger partial charge in [0.15, 0.2) is 15.9 Å². The maximum atomic E-state index is 12.1. The van der Waals surface area contributed by atoms with Crippen molar-refractivity contribution in [3.8, 4) is 0 Å². The lowest BCUT2D eigenvalue weighted by Crippen LogP contribution is -2.16. The molecule has 1 fully saturated rings. The fourth-order valence-corrected chi connectivity index (χ4v) is 4.61. The van der Waals surface area contributed by atoms with Crippen LogP contribution in [0.15, 0.2) is 27.6 Å². The summed E-state index contributed by atoms with van der Waals surface area (Å²) in [6.07, 6.45) is -0.0480. The summed E-state index contributed by atoms with van der Waals surface area (Å²) < 4.78 is 29.4. The Bertz CT molecular complexity index is 622. The van der Waals surface area contributed by atoms with Crippen LogP contribution in [0.2, 0.25) is 0 Å². The molecule has 1 saturated carbocycles. The summed E-state index contributed by atoms with van der Waals surface area (Å²) >= 11 is 3.19. The number of carbonyl (C=O) groups excluding carboxylic acids is 1. The molecule has 1 unspecified atom stereocenters. The van der Waals surface area contributed by atoms with Crippen LogP contribution in [0.25, 0.3) is 0 Å². The van der Waals surface area contributed by atoms with Gasteiger partial charge in [0.2, 0.25) is 0 Å². The van der Waals surface area contributed by atoms with Gasteiger partial charge in [-0.1, -0.05) is 6.07 Å². The first-order valence-corrected chi connectivity index (χ1v) is 8.60. The molecule has 1 aromatic rings. The second-order valence-electron chi connectivity index (χ2n) is 4.59. The number of rotatable bonds is 5. The minimum Gasteiger partial charge on any atom is -0.464 e. The third kappa shape index (κ3) is 3.05. The van der Waals surface area contributed by atoms with Crippen LogP contribution >= 0.6 is 15.9 Å². The maximum absolute atomic E-state index is 12.1. The van der Waals surface area contributed by atoms with E-state index in [0.29, 0.717) is 22.9 Å². The van der Waals surface area contributed by atoms with Crippen LogP contribution in [0.3, 0.4) is 0 Å². The first kappa shape index (κ1) is 15.5. The molecule has 1 aliphatic carbocycles. The van der Waals surface area contributed by atoms with Gasteiger partial charge in [-0.2, -0.15) is 0 Å². The van der Waals surface area contributed by atoms with Crippen LogP contribution in [0.1, 0.15) is 31.4 Å². The zero-order valence-electron chi connectivity index (χ0n) is 10.9. The molecule has 0 heterocycles. The molecule has 1 N–H and O–H groups in total. The normalized spacial score (nSPS) is 16.8. The van der Waals surface area contributed by atoms with Crippen molar-refractivity contribution >= 4 is 31.7 Å². The molecular formula is C13H15BrO5S. The number of carbonyl (C=O) groups is 1. The molecular weight excluding hydrogens is 348 g/mol. The summed E-state index contributed by atoms with van der Waals surface area (Å²) in [5.74, 6) is -0.753. The zero-order valence-corrected chi connectivity index (χ0v) is 13.3. The lowest BCUT2D eigenvalue weighted by Gasteiger charge is -2.12. The summed E-state index contributed by atoms with van der Waals surface area (Å²) in [5, 5.41) is 9.51. The lowest BCUT2D eigenvalue weighted by molar-refractivity contribution is -0.153. The molecule has 0 radical (unpaired) electrons. The minimum absolute atomic E-state index is 0.172. The highest BCUT2D eigenvalue weighted by Gasteiger charge is 2.38. The summed E-state index contributed by atoms with van der Waals surface area (Å²) in [6.45, 7) is 1.82. The van der Waals surface area contributed by atoms with E-state index in [9.17, 15) is 18.3 Å². The van der Waals surface area contributed by atoms with E-state index in [0.717, 1.165) is 0 Å². The second-order valence-corrected chi connectivity index (χ2v) is 7.64. The predicted molar refractivity (Wildman–Crippen MR) is 75.9 cm³/mol. The second kappa shape index (κ2) is 5.83. The zero-order chi connectivity index (χ0) is 14.9. The van der Waals surface area contributed by atoms with Crippen molar-refractivity contribution in [1.82, 2.24) is 0 Å². The average molecular weight is 363 g/mol. The van der Waals surface area contributed by atoms with Crippen molar-refractivity contribution in [2.75, 3.05) is 6.61 Å². The van der Waals surface area contributed by atoms with Gasteiger partial charge in [0, 0.05) is 4.47 Å². The van der Waals surface area contributed by atoms with Gasteiger partial charge >= 0.3 is 5.97 Å². The highest BCUT2D eigenvalue weighted by atomic mass is 79.9. The summed E-state index contributed by atoms with van der Waals surface area (Å²) in [4.78, 5) is 11.6. The third-order valence-electron chi connectivity index (χ3n) is 3.05. The van der Waals surface area contributed by atoms with Gasteiger partial charge in [0.25, 0.3) is 0 Å². The molecule has 0 spiro atoms. The average Bonchev–Trinajstić information content (AvgIpc) is 3.22. The minimum atomic E-state index is -3.31. The Balaban J connectivity index is 2.28. The largest absolute Gasteiger partial charge is 0.464 e. The van der Waals surface area contributed by atoms with Crippen molar-refractivity contribution < 1.29 is 23.1 Å². The molecule has 0 amide bonds. The van der Waals surface area contributed by atoms with E-state index in [1.807, 2.05) is 0 Å².